The van der Waals surface area contributed by atoms with Crippen molar-refractivity contribution in [1.82, 2.24) is 0 Å². The van der Waals surface area contributed by atoms with Gasteiger partial charge in [0.15, 0.2) is 0 Å². The van der Waals surface area contributed by atoms with Crippen LogP contribution in [0.25, 0.3) is 0 Å². The van der Waals surface area contributed by atoms with Crippen LogP contribution in [0.4, 0.5) is 17.1 Å². The molecule has 7 heteroatoms. The lowest BCUT2D eigenvalue weighted by Gasteiger charge is -1.99. The van der Waals surface area contributed by atoms with Crippen LogP contribution in [-0.4, -0.2) is 15.5 Å². The normalized spacial score (nSPS) is 11.7. The van der Waals surface area contributed by atoms with Gasteiger partial charge in [0.05, 0.1) is 16.3 Å². The van der Waals surface area contributed by atoms with Crippen LogP contribution in [-0.2, 0) is 9.05 Å². The van der Waals surface area contributed by atoms with Gasteiger partial charge in [0.1, 0.15) is 0 Å². The fourth-order valence-corrected chi connectivity index (χ4v) is 2.26. The fraction of sp³-hybridized carbons (Fsp3) is 0.0769. The molecule has 20 heavy (non-hydrogen) atoms. The van der Waals surface area contributed by atoms with Gasteiger partial charge in [0, 0.05) is 23.4 Å². The minimum absolute atomic E-state index is 0.0384. The molecule has 5 nitrogen and oxygen atoms in total. The molecule has 2 aromatic carbocycles. The van der Waals surface area contributed by atoms with E-state index in [1.54, 1.807) is 12.1 Å². The average molecular weight is 310 g/mol. The lowest BCUT2D eigenvalue weighted by atomic mass is 10.3. The van der Waals surface area contributed by atoms with Crippen LogP contribution in [0.5, 0.6) is 0 Å². The minimum atomic E-state index is -3.70. The fourth-order valence-electron chi connectivity index (χ4n) is 1.49. The molecule has 0 radical (unpaired) electrons. The summed E-state index contributed by atoms with van der Waals surface area (Å²) < 4.78 is 22.2. The summed E-state index contributed by atoms with van der Waals surface area (Å²) in [6, 6.07) is 13.3. The summed E-state index contributed by atoms with van der Waals surface area (Å²) in [5.74, 6) is 0. The van der Waals surface area contributed by atoms with E-state index >= 15 is 0 Å². The van der Waals surface area contributed by atoms with Crippen molar-refractivity contribution in [2.24, 2.45) is 10.2 Å². The molecule has 2 rings (SSSR count). The van der Waals surface area contributed by atoms with E-state index in [1.165, 1.54) is 12.1 Å². The monoisotopic (exact) mass is 309 g/mol. The molecule has 0 saturated heterocycles. The lowest BCUT2D eigenvalue weighted by molar-refractivity contribution is 0.609. The number of hydrogen-bond donors (Lipinski definition) is 1. The van der Waals surface area contributed by atoms with Gasteiger partial charge in [-0.1, -0.05) is 0 Å². The molecule has 2 aromatic rings. The quantitative estimate of drug-likeness (QED) is 0.683. The van der Waals surface area contributed by atoms with Gasteiger partial charge in [-0.2, -0.15) is 10.2 Å². The first-order valence-electron chi connectivity index (χ1n) is 5.73. The molecule has 0 bridgehead atoms. The third-order valence-corrected chi connectivity index (χ3v) is 3.92. The summed E-state index contributed by atoms with van der Waals surface area (Å²) in [5.41, 5.74) is 2.24. The van der Waals surface area contributed by atoms with E-state index in [1.807, 2.05) is 31.3 Å². The van der Waals surface area contributed by atoms with E-state index in [2.05, 4.69) is 15.5 Å². The van der Waals surface area contributed by atoms with Gasteiger partial charge in [-0.25, -0.2) is 8.42 Å². The molecule has 104 valence electrons. The van der Waals surface area contributed by atoms with Gasteiger partial charge in [0.2, 0.25) is 0 Å². The predicted octanol–water partition coefficient (Wildman–Crippen LogP) is 4.07. The number of benzene rings is 2. The number of hydrogen-bond acceptors (Lipinski definition) is 5. The van der Waals surface area contributed by atoms with E-state index in [4.69, 9.17) is 10.7 Å². The third-order valence-electron chi connectivity index (χ3n) is 2.56. The molecule has 0 aromatic heterocycles. The smallest absolute Gasteiger partial charge is 0.261 e. The van der Waals surface area contributed by atoms with Gasteiger partial charge in [-0.05, 0) is 48.5 Å². The molecule has 0 heterocycles. The summed E-state index contributed by atoms with van der Waals surface area (Å²) >= 11 is 0. The number of rotatable bonds is 4. The molecule has 0 atom stereocenters. The van der Waals surface area contributed by atoms with E-state index < -0.39 is 9.05 Å². The van der Waals surface area contributed by atoms with Gasteiger partial charge in [0.25, 0.3) is 9.05 Å². The minimum Gasteiger partial charge on any atom is -0.388 e. The SMILES string of the molecule is CNc1ccc(N=Nc2ccc(S(=O)(=O)Cl)cc2)cc1. The zero-order chi connectivity index (χ0) is 14.6. The second-order valence-electron chi connectivity index (χ2n) is 3.93. The van der Waals surface area contributed by atoms with Gasteiger partial charge < -0.3 is 5.32 Å². The van der Waals surface area contributed by atoms with Crippen LogP contribution in [0.15, 0.2) is 63.7 Å². The molecule has 0 amide bonds. The lowest BCUT2D eigenvalue weighted by Crippen LogP contribution is -1.88. The highest BCUT2D eigenvalue weighted by molar-refractivity contribution is 8.13. The van der Waals surface area contributed by atoms with Crippen molar-refractivity contribution in [1.29, 1.82) is 0 Å². The Bertz CT molecular complexity index is 710. The highest BCUT2D eigenvalue weighted by atomic mass is 35.7. The Labute approximate surface area is 121 Å². The van der Waals surface area contributed by atoms with Gasteiger partial charge in [-0.15, -0.1) is 0 Å². The van der Waals surface area contributed by atoms with Crippen LogP contribution >= 0.6 is 10.7 Å². The summed E-state index contributed by atoms with van der Waals surface area (Å²) in [6.45, 7) is 0. The number of nitrogens with zero attached hydrogens (tertiary/aromatic N) is 2. The number of halogens is 1. The summed E-state index contributed by atoms with van der Waals surface area (Å²) in [6.07, 6.45) is 0. The molecule has 0 saturated carbocycles. The number of anilines is 1. The molecule has 0 unspecified atom stereocenters. The van der Waals surface area contributed by atoms with Crippen molar-refractivity contribution >= 4 is 36.8 Å². The molecule has 1 N–H and O–H groups in total. The Morgan fingerprint density at radius 2 is 1.35 bits per heavy atom. The first-order valence-corrected chi connectivity index (χ1v) is 8.04. The van der Waals surface area contributed by atoms with Crippen LogP contribution in [0, 0.1) is 0 Å². The van der Waals surface area contributed by atoms with Gasteiger partial charge in [-0.3, -0.25) is 0 Å². The summed E-state index contributed by atoms with van der Waals surface area (Å²) in [4.78, 5) is 0.0384. The molecule has 0 aliphatic rings. The average Bonchev–Trinajstić information content (AvgIpc) is 2.45. The van der Waals surface area contributed by atoms with E-state index in [0.717, 1.165) is 5.69 Å². The zero-order valence-electron chi connectivity index (χ0n) is 10.6. The van der Waals surface area contributed by atoms with Crippen LogP contribution in [0.2, 0.25) is 0 Å². The van der Waals surface area contributed by atoms with E-state index in [-0.39, 0.29) is 4.90 Å². The maximum atomic E-state index is 11.1. The Morgan fingerprint density at radius 3 is 1.75 bits per heavy atom. The molecular formula is C13H12ClN3O2S. The van der Waals surface area contributed by atoms with E-state index in [9.17, 15) is 8.42 Å². The summed E-state index contributed by atoms with van der Waals surface area (Å²) in [5, 5.41) is 11.1. The van der Waals surface area contributed by atoms with Crippen LogP contribution in [0.3, 0.4) is 0 Å². The van der Waals surface area contributed by atoms with Crippen molar-refractivity contribution in [3.63, 3.8) is 0 Å². The molecule has 0 aliphatic carbocycles. The third kappa shape index (κ3) is 3.79. The highest BCUT2D eigenvalue weighted by Crippen LogP contribution is 2.22. The Hall–Kier alpha value is -1.92. The topological polar surface area (TPSA) is 70.9 Å². The zero-order valence-corrected chi connectivity index (χ0v) is 12.2. The molecule has 0 aliphatic heterocycles. The molecule has 0 fully saturated rings. The Morgan fingerprint density at radius 1 is 0.900 bits per heavy atom. The van der Waals surface area contributed by atoms with Crippen molar-refractivity contribution in [3.05, 3.63) is 48.5 Å². The number of azo groups is 1. The van der Waals surface area contributed by atoms with Crippen LogP contribution < -0.4 is 5.32 Å². The maximum Gasteiger partial charge on any atom is 0.261 e. The first kappa shape index (κ1) is 14.5. The largest absolute Gasteiger partial charge is 0.388 e. The van der Waals surface area contributed by atoms with E-state index in [0.29, 0.717) is 11.4 Å². The van der Waals surface area contributed by atoms with Gasteiger partial charge >= 0.3 is 0 Å². The molecule has 0 spiro atoms. The Kier molecular flexibility index (Phi) is 4.36. The maximum absolute atomic E-state index is 11.1. The number of nitrogens with one attached hydrogen (secondary N) is 1. The summed E-state index contributed by atoms with van der Waals surface area (Å²) in [7, 11) is 3.36. The standard InChI is InChI=1S/C13H12ClN3O2S/c1-15-10-2-4-11(5-3-10)16-17-12-6-8-13(9-7-12)20(14,18)19/h2-9,15H,1H3. The molecular weight excluding hydrogens is 298 g/mol. The van der Waals surface area contributed by atoms with Crippen LogP contribution in [0.1, 0.15) is 0 Å². The predicted molar refractivity (Wildman–Crippen MR) is 79.6 cm³/mol. The highest BCUT2D eigenvalue weighted by Gasteiger charge is 2.08. The van der Waals surface area contributed by atoms with Crippen molar-refractivity contribution in [3.8, 4) is 0 Å². The Balaban J connectivity index is 2.14. The van der Waals surface area contributed by atoms with Crippen molar-refractivity contribution < 1.29 is 8.42 Å². The first-order chi connectivity index (χ1) is 9.49. The van der Waals surface area contributed by atoms with Crippen molar-refractivity contribution in [2.45, 2.75) is 4.90 Å². The second-order valence-corrected chi connectivity index (χ2v) is 6.49. The second kappa shape index (κ2) is 6.02. The van der Waals surface area contributed by atoms with Crippen molar-refractivity contribution in [2.75, 3.05) is 12.4 Å².